The maximum absolute atomic E-state index is 13.0. The molecule has 0 aliphatic carbocycles. The van der Waals surface area contributed by atoms with Crippen LogP contribution in [0.5, 0.6) is 0 Å². The zero-order valence-corrected chi connectivity index (χ0v) is 15.7. The number of anilines is 1. The van der Waals surface area contributed by atoms with Crippen LogP contribution in [0.1, 0.15) is 50.2 Å². The van der Waals surface area contributed by atoms with Crippen LogP contribution in [-0.4, -0.2) is 36.6 Å². The molecule has 2 rings (SSSR count). The standard InChI is InChI=1S/C19H29ClN2O/c1-5-9-17(22(4)10-7-6-8-11-22)19(23)21-18-14(2)12-16(20)13-15(18)3/h12-13,17H,5-11H2,1-4H3/p+1. The van der Waals surface area contributed by atoms with Gasteiger partial charge in [0.15, 0.2) is 6.04 Å². The van der Waals surface area contributed by atoms with Gasteiger partial charge in [-0.2, -0.15) is 0 Å². The molecule has 1 fully saturated rings. The van der Waals surface area contributed by atoms with Crippen LogP contribution >= 0.6 is 11.6 Å². The summed E-state index contributed by atoms with van der Waals surface area (Å²) in [6.45, 7) is 8.38. The number of rotatable bonds is 5. The van der Waals surface area contributed by atoms with Crippen LogP contribution in [0, 0.1) is 13.8 Å². The molecule has 1 aliphatic heterocycles. The van der Waals surface area contributed by atoms with E-state index in [0.29, 0.717) is 0 Å². The Labute approximate surface area is 145 Å². The average molecular weight is 338 g/mol. The van der Waals surface area contributed by atoms with E-state index in [1.165, 1.54) is 19.3 Å². The maximum Gasteiger partial charge on any atom is 0.282 e. The molecule has 1 atom stereocenters. The number of nitrogens with one attached hydrogen (secondary N) is 1. The maximum atomic E-state index is 13.0. The fourth-order valence-corrected chi connectivity index (χ4v) is 4.19. The summed E-state index contributed by atoms with van der Waals surface area (Å²) in [5.74, 6) is 0.157. The van der Waals surface area contributed by atoms with Crippen molar-refractivity contribution in [1.29, 1.82) is 0 Å². The van der Waals surface area contributed by atoms with E-state index >= 15 is 0 Å². The second-order valence-electron chi connectivity index (χ2n) is 7.20. The van der Waals surface area contributed by atoms with Crippen molar-refractivity contribution in [2.45, 2.75) is 58.9 Å². The molecule has 1 heterocycles. The van der Waals surface area contributed by atoms with E-state index in [4.69, 9.17) is 11.6 Å². The van der Waals surface area contributed by atoms with Gasteiger partial charge < -0.3 is 9.80 Å². The second kappa shape index (κ2) is 7.67. The van der Waals surface area contributed by atoms with Gasteiger partial charge in [-0.15, -0.1) is 0 Å². The summed E-state index contributed by atoms with van der Waals surface area (Å²) in [6, 6.07) is 3.86. The van der Waals surface area contributed by atoms with E-state index in [1.54, 1.807) is 0 Å². The molecule has 0 radical (unpaired) electrons. The Hall–Kier alpha value is -1.06. The van der Waals surface area contributed by atoms with Crippen molar-refractivity contribution in [3.63, 3.8) is 0 Å². The first kappa shape index (κ1) is 18.3. The quantitative estimate of drug-likeness (QED) is 0.775. The Morgan fingerprint density at radius 1 is 1.22 bits per heavy atom. The normalized spacial score (nSPS) is 18.5. The minimum Gasteiger partial charge on any atom is -0.320 e. The van der Waals surface area contributed by atoms with Crippen molar-refractivity contribution in [3.05, 3.63) is 28.3 Å². The van der Waals surface area contributed by atoms with Crippen LogP contribution in [0.4, 0.5) is 5.69 Å². The number of hydrogen-bond acceptors (Lipinski definition) is 1. The molecule has 0 aromatic heterocycles. The van der Waals surface area contributed by atoms with Gasteiger partial charge in [-0.25, -0.2) is 0 Å². The summed E-state index contributed by atoms with van der Waals surface area (Å²) in [5, 5.41) is 3.92. The van der Waals surface area contributed by atoms with Gasteiger partial charge in [0.2, 0.25) is 0 Å². The van der Waals surface area contributed by atoms with Crippen molar-refractivity contribution in [2.24, 2.45) is 0 Å². The van der Waals surface area contributed by atoms with Gasteiger partial charge in [0.1, 0.15) is 0 Å². The molecule has 128 valence electrons. The zero-order chi connectivity index (χ0) is 17.0. The van der Waals surface area contributed by atoms with Gasteiger partial charge >= 0.3 is 0 Å². The first-order valence-electron chi connectivity index (χ1n) is 8.79. The molecule has 0 bridgehead atoms. The SMILES string of the molecule is CCCC(C(=O)Nc1c(C)cc(Cl)cc1C)[N+]1(C)CCCCC1. The molecule has 1 amide bonds. The predicted molar refractivity (Wildman–Crippen MR) is 98.0 cm³/mol. The third-order valence-electron chi connectivity index (χ3n) is 5.20. The number of quaternary nitrogens is 1. The molecule has 23 heavy (non-hydrogen) atoms. The van der Waals surface area contributed by atoms with E-state index in [-0.39, 0.29) is 11.9 Å². The summed E-state index contributed by atoms with van der Waals surface area (Å²) in [4.78, 5) is 13.0. The average Bonchev–Trinajstić information content (AvgIpc) is 2.48. The van der Waals surface area contributed by atoms with Gasteiger partial charge in [0.25, 0.3) is 5.91 Å². The van der Waals surface area contributed by atoms with Crippen LogP contribution in [0.25, 0.3) is 0 Å². The first-order valence-corrected chi connectivity index (χ1v) is 9.17. The number of benzene rings is 1. The van der Waals surface area contributed by atoms with Crippen molar-refractivity contribution >= 4 is 23.2 Å². The minimum absolute atomic E-state index is 0.0368. The fraction of sp³-hybridized carbons (Fsp3) is 0.632. The van der Waals surface area contributed by atoms with Gasteiger partial charge in [-0.1, -0.05) is 18.5 Å². The second-order valence-corrected chi connectivity index (χ2v) is 7.63. The highest BCUT2D eigenvalue weighted by Crippen LogP contribution is 2.28. The van der Waals surface area contributed by atoms with Gasteiger partial charge in [-0.05, 0) is 62.8 Å². The molecule has 1 aliphatic rings. The molecule has 0 saturated carbocycles. The third kappa shape index (κ3) is 4.27. The number of carbonyl (C=O) groups is 1. The number of halogens is 1. The van der Waals surface area contributed by atoms with Crippen molar-refractivity contribution in [2.75, 3.05) is 25.5 Å². The van der Waals surface area contributed by atoms with Crippen molar-refractivity contribution in [1.82, 2.24) is 0 Å². The van der Waals surface area contributed by atoms with Crippen LogP contribution < -0.4 is 5.32 Å². The summed E-state index contributed by atoms with van der Waals surface area (Å²) in [6.07, 6.45) is 5.72. The fourth-order valence-electron chi connectivity index (χ4n) is 3.86. The summed E-state index contributed by atoms with van der Waals surface area (Å²) in [7, 11) is 2.25. The van der Waals surface area contributed by atoms with Crippen molar-refractivity contribution in [3.8, 4) is 0 Å². The van der Waals surface area contributed by atoms with Crippen LogP contribution in [0.2, 0.25) is 5.02 Å². The summed E-state index contributed by atoms with van der Waals surface area (Å²) in [5.41, 5.74) is 2.98. The molecular weight excluding hydrogens is 308 g/mol. The molecular formula is C19H30ClN2O+. The van der Waals surface area contributed by atoms with Crippen LogP contribution in [0.15, 0.2) is 12.1 Å². The zero-order valence-electron chi connectivity index (χ0n) is 14.9. The molecule has 1 N–H and O–H groups in total. The van der Waals surface area contributed by atoms with Gasteiger partial charge in [-0.3, -0.25) is 4.79 Å². The minimum atomic E-state index is 0.0368. The monoisotopic (exact) mass is 337 g/mol. The highest BCUT2D eigenvalue weighted by Gasteiger charge is 2.38. The molecule has 1 saturated heterocycles. The smallest absolute Gasteiger partial charge is 0.282 e. The van der Waals surface area contributed by atoms with E-state index in [0.717, 1.165) is 52.3 Å². The Morgan fingerprint density at radius 3 is 2.30 bits per heavy atom. The number of piperidine rings is 1. The van der Waals surface area contributed by atoms with E-state index in [9.17, 15) is 4.79 Å². The highest BCUT2D eigenvalue weighted by molar-refractivity contribution is 6.30. The number of amides is 1. The number of nitrogens with zero attached hydrogens (tertiary/aromatic N) is 1. The van der Waals surface area contributed by atoms with E-state index in [1.807, 2.05) is 26.0 Å². The Morgan fingerprint density at radius 2 is 1.78 bits per heavy atom. The lowest BCUT2D eigenvalue weighted by atomic mass is 10.00. The summed E-state index contributed by atoms with van der Waals surface area (Å²) < 4.78 is 0.880. The largest absolute Gasteiger partial charge is 0.320 e. The third-order valence-corrected chi connectivity index (χ3v) is 5.42. The Balaban J connectivity index is 2.22. The van der Waals surface area contributed by atoms with Crippen molar-refractivity contribution < 1.29 is 9.28 Å². The van der Waals surface area contributed by atoms with E-state index < -0.39 is 0 Å². The lowest BCUT2D eigenvalue weighted by Crippen LogP contribution is -2.59. The van der Waals surface area contributed by atoms with Gasteiger partial charge in [0.05, 0.1) is 20.1 Å². The molecule has 3 nitrogen and oxygen atoms in total. The molecule has 1 aromatic carbocycles. The molecule has 1 aromatic rings. The topological polar surface area (TPSA) is 29.1 Å². The lowest BCUT2D eigenvalue weighted by molar-refractivity contribution is -0.929. The van der Waals surface area contributed by atoms with E-state index in [2.05, 4.69) is 19.3 Å². The predicted octanol–water partition coefficient (Wildman–Crippen LogP) is 4.69. The number of hydrogen-bond donors (Lipinski definition) is 1. The molecule has 4 heteroatoms. The Bertz CT molecular complexity index is 541. The molecule has 0 spiro atoms. The van der Waals surface area contributed by atoms with Gasteiger partial charge in [0, 0.05) is 17.1 Å². The number of likely N-dealkylation sites (tertiary alicyclic amines) is 1. The lowest BCUT2D eigenvalue weighted by Gasteiger charge is -2.43. The number of carbonyl (C=O) groups excluding carboxylic acids is 1. The number of aryl methyl sites for hydroxylation is 2. The van der Waals surface area contributed by atoms with Crippen LogP contribution in [-0.2, 0) is 4.79 Å². The Kier molecular flexibility index (Phi) is 6.10. The number of likely N-dealkylation sites (N-methyl/N-ethyl adjacent to an activating group) is 1. The molecule has 1 unspecified atom stereocenters. The van der Waals surface area contributed by atoms with Crippen LogP contribution in [0.3, 0.4) is 0 Å². The highest BCUT2D eigenvalue weighted by atomic mass is 35.5. The summed E-state index contributed by atoms with van der Waals surface area (Å²) >= 11 is 6.10. The first-order chi connectivity index (χ1) is 10.9.